The summed E-state index contributed by atoms with van der Waals surface area (Å²) in [6, 6.07) is 8.34. The van der Waals surface area contributed by atoms with Gasteiger partial charge >= 0.3 is 0 Å². The zero-order valence-corrected chi connectivity index (χ0v) is 16.6. The Bertz CT molecular complexity index is 675. The average molecular weight is 392 g/mol. The number of likely N-dealkylation sites (tertiary alicyclic amines) is 1. The van der Waals surface area contributed by atoms with Crippen molar-refractivity contribution in [3.8, 4) is 0 Å². The topological polar surface area (TPSA) is 61.4 Å². The van der Waals surface area contributed by atoms with Gasteiger partial charge < -0.3 is 15.5 Å². The summed E-state index contributed by atoms with van der Waals surface area (Å²) in [4.78, 5) is 27.3. The van der Waals surface area contributed by atoms with Crippen LogP contribution in [0.1, 0.15) is 49.1 Å². The number of fused-ring (bicyclic) bond motifs is 1. The molecule has 2 heterocycles. The Morgan fingerprint density at radius 1 is 1.15 bits per heavy atom. The highest BCUT2D eigenvalue weighted by molar-refractivity contribution is 5.85. The van der Waals surface area contributed by atoms with Gasteiger partial charge in [0.25, 0.3) is 0 Å². The van der Waals surface area contributed by atoms with Crippen molar-refractivity contribution in [3.05, 3.63) is 35.4 Å². The maximum Gasteiger partial charge on any atom is 0.237 e. The summed E-state index contributed by atoms with van der Waals surface area (Å²) in [5.41, 5.74) is 2.55. The Balaban J connectivity index is 0.00000210. The van der Waals surface area contributed by atoms with Crippen molar-refractivity contribution in [1.82, 2.24) is 15.5 Å². The first kappa shape index (κ1) is 20.2. The van der Waals surface area contributed by atoms with Crippen LogP contribution in [0.25, 0.3) is 0 Å². The number of hydrogen-bond donors (Lipinski definition) is 2. The number of piperidine rings is 1. The highest BCUT2D eigenvalue weighted by atomic mass is 35.5. The Morgan fingerprint density at radius 2 is 2.00 bits per heavy atom. The Morgan fingerprint density at radius 3 is 2.81 bits per heavy atom. The van der Waals surface area contributed by atoms with Crippen LogP contribution in [0.4, 0.5) is 0 Å². The van der Waals surface area contributed by atoms with Crippen LogP contribution in [-0.4, -0.2) is 48.9 Å². The quantitative estimate of drug-likeness (QED) is 0.827. The zero-order valence-electron chi connectivity index (χ0n) is 15.8. The molecule has 3 unspecified atom stereocenters. The average Bonchev–Trinajstić information content (AvgIpc) is 3.35. The monoisotopic (exact) mass is 391 g/mol. The minimum absolute atomic E-state index is 0. The second-order valence-corrected chi connectivity index (χ2v) is 7.98. The second kappa shape index (κ2) is 9.07. The molecule has 0 radical (unpaired) electrons. The molecule has 4 rings (SSSR count). The van der Waals surface area contributed by atoms with Crippen LogP contribution < -0.4 is 10.6 Å². The first-order chi connectivity index (χ1) is 12.7. The lowest BCUT2D eigenvalue weighted by Crippen LogP contribution is -2.47. The maximum atomic E-state index is 13.1. The van der Waals surface area contributed by atoms with E-state index in [1.54, 1.807) is 0 Å². The van der Waals surface area contributed by atoms with Crippen molar-refractivity contribution in [3.63, 3.8) is 0 Å². The Kier molecular flexibility index (Phi) is 6.77. The smallest absolute Gasteiger partial charge is 0.237 e. The molecule has 0 aromatic heterocycles. The molecule has 0 bridgehead atoms. The lowest BCUT2D eigenvalue weighted by Gasteiger charge is -2.34. The van der Waals surface area contributed by atoms with Crippen molar-refractivity contribution < 1.29 is 9.59 Å². The summed E-state index contributed by atoms with van der Waals surface area (Å²) in [7, 11) is 0. The molecule has 2 aliphatic heterocycles. The van der Waals surface area contributed by atoms with Crippen LogP contribution in [-0.2, 0) is 16.0 Å². The number of aryl methyl sites for hydroxylation is 1. The highest BCUT2D eigenvalue weighted by Crippen LogP contribution is 2.35. The fourth-order valence-corrected chi connectivity index (χ4v) is 4.74. The molecule has 0 spiro atoms. The van der Waals surface area contributed by atoms with E-state index >= 15 is 0 Å². The van der Waals surface area contributed by atoms with E-state index in [1.165, 1.54) is 11.1 Å². The number of carbonyl (C=O) groups is 2. The van der Waals surface area contributed by atoms with E-state index in [2.05, 4.69) is 28.8 Å². The summed E-state index contributed by atoms with van der Waals surface area (Å²) in [5, 5.41) is 6.34. The van der Waals surface area contributed by atoms with Crippen LogP contribution >= 0.6 is 12.4 Å². The molecule has 2 N–H and O–H groups in total. The van der Waals surface area contributed by atoms with E-state index in [1.807, 2.05) is 11.0 Å². The number of hydrogen-bond acceptors (Lipinski definition) is 3. The second-order valence-electron chi connectivity index (χ2n) is 7.98. The number of benzene rings is 1. The molecule has 1 aliphatic carbocycles. The molecule has 0 saturated carbocycles. The lowest BCUT2D eigenvalue weighted by atomic mass is 9.94. The van der Waals surface area contributed by atoms with Gasteiger partial charge in [0.1, 0.15) is 0 Å². The molecule has 1 aromatic rings. The first-order valence-corrected chi connectivity index (χ1v) is 10.1. The summed E-state index contributed by atoms with van der Waals surface area (Å²) >= 11 is 0. The predicted octanol–water partition coefficient (Wildman–Crippen LogP) is 2.24. The molecule has 148 valence electrons. The van der Waals surface area contributed by atoms with Gasteiger partial charge in [0, 0.05) is 19.6 Å². The fraction of sp³-hybridized carbons (Fsp3) is 0.619. The third-order valence-corrected chi connectivity index (χ3v) is 6.20. The third-order valence-electron chi connectivity index (χ3n) is 6.20. The molecule has 27 heavy (non-hydrogen) atoms. The third kappa shape index (κ3) is 4.46. The van der Waals surface area contributed by atoms with Crippen molar-refractivity contribution >= 4 is 24.2 Å². The van der Waals surface area contributed by atoms with Gasteiger partial charge in [-0.05, 0) is 62.1 Å². The molecule has 2 fully saturated rings. The number of nitrogens with zero attached hydrogens (tertiary/aromatic N) is 1. The molecule has 3 atom stereocenters. The van der Waals surface area contributed by atoms with Crippen LogP contribution in [0.15, 0.2) is 24.3 Å². The van der Waals surface area contributed by atoms with Gasteiger partial charge in [-0.25, -0.2) is 0 Å². The Labute approximate surface area is 167 Å². The number of halogens is 1. The van der Waals surface area contributed by atoms with Gasteiger partial charge in [0.15, 0.2) is 0 Å². The molecular weight excluding hydrogens is 362 g/mol. The Hall–Kier alpha value is -1.59. The van der Waals surface area contributed by atoms with Crippen LogP contribution in [0.3, 0.4) is 0 Å². The highest BCUT2D eigenvalue weighted by Gasteiger charge is 2.34. The molecule has 1 aromatic carbocycles. The van der Waals surface area contributed by atoms with Crippen LogP contribution in [0.5, 0.6) is 0 Å². The van der Waals surface area contributed by atoms with Gasteiger partial charge in [0.05, 0.1) is 12.0 Å². The van der Waals surface area contributed by atoms with Gasteiger partial charge in [-0.2, -0.15) is 0 Å². The standard InChI is InChI=1S/C21H29N3O2.ClH/c25-20(19-8-3-11-22-19)23-13-15-5-4-12-24(14-15)21(26)18-10-9-16-6-1-2-7-17(16)18;/h1-2,6-7,15,18-19,22H,3-5,8-14H2,(H,23,25);1H. The van der Waals surface area contributed by atoms with E-state index in [4.69, 9.17) is 0 Å². The molecule has 2 saturated heterocycles. The number of nitrogens with one attached hydrogen (secondary N) is 2. The number of rotatable bonds is 4. The van der Waals surface area contributed by atoms with Crippen LogP contribution in [0, 0.1) is 5.92 Å². The molecule has 2 amide bonds. The molecule has 5 nitrogen and oxygen atoms in total. The van der Waals surface area contributed by atoms with Gasteiger partial charge in [0.2, 0.25) is 11.8 Å². The number of carbonyl (C=O) groups excluding carboxylic acids is 2. The SMILES string of the molecule is Cl.O=C(NCC1CCCN(C(=O)C2CCc3ccccc32)C1)C1CCCN1. The fourth-order valence-electron chi connectivity index (χ4n) is 4.74. The maximum absolute atomic E-state index is 13.1. The van der Waals surface area contributed by atoms with Crippen molar-refractivity contribution in [2.24, 2.45) is 5.92 Å². The largest absolute Gasteiger partial charge is 0.354 e. The van der Waals surface area contributed by atoms with Gasteiger partial charge in [-0.15, -0.1) is 12.4 Å². The van der Waals surface area contributed by atoms with Crippen LogP contribution in [0.2, 0.25) is 0 Å². The normalized spacial score (nSPS) is 27.0. The summed E-state index contributed by atoms with van der Waals surface area (Å²) in [5.74, 6) is 0.802. The van der Waals surface area contributed by atoms with Gasteiger partial charge in [-0.1, -0.05) is 24.3 Å². The van der Waals surface area contributed by atoms with Crippen molar-refractivity contribution in [2.75, 3.05) is 26.2 Å². The lowest BCUT2D eigenvalue weighted by molar-refractivity contribution is -0.134. The van der Waals surface area contributed by atoms with E-state index in [0.717, 1.165) is 58.2 Å². The van der Waals surface area contributed by atoms with Gasteiger partial charge in [-0.3, -0.25) is 9.59 Å². The van der Waals surface area contributed by atoms with Crippen molar-refractivity contribution in [2.45, 2.75) is 50.5 Å². The first-order valence-electron chi connectivity index (χ1n) is 10.1. The summed E-state index contributed by atoms with van der Waals surface area (Å²) in [6.45, 7) is 3.25. The molecular formula is C21H30ClN3O2. The molecule has 3 aliphatic rings. The van der Waals surface area contributed by atoms with E-state index in [9.17, 15) is 9.59 Å². The number of amides is 2. The zero-order chi connectivity index (χ0) is 17.9. The molecule has 6 heteroatoms. The van der Waals surface area contributed by atoms with E-state index in [0.29, 0.717) is 12.5 Å². The summed E-state index contributed by atoms with van der Waals surface area (Å²) in [6.07, 6.45) is 6.07. The van der Waals surface area contributed by atoms with E-state index < -0.39 is 0 Å². The summed E-state index contributed by atoms with van der Waals surface area (Å²) < 4.78 is 0. The minimum Gasteiger partial charge on any atom is -0.354 e. The predicted molar refractivity (Wildman–Crippen MR) is 108 cm³/mol. The minimum atomic E-state index is -0.0219. The van der Waals surface area contributed by atoms with Crippen molar-refractivity contribution in [1.29, 1.82) is 0 Å². The van der Waals surface area contributed by atoms with E-state index in [-0.39, 0.29) is 36.2 Å².